The van der Waals surface area contributed by atoms with Crippen LogP contribution in [-0.2, 0) is 22.6 Å². The Labute approximate surface area is 141 Å². The first-order valence-electron chi connectivity index (χ1n) is 8.21. The minimum absolute atomic E-state index is 0.0116. The molecule has 0 N–H and O–H groups in total. The van der Waals surface area contributed by atoms with E-state index in [-0.39, 0.29) is 18.4 Å². The highest BCUT2D eigenvalue weighted by molar-refractivity contribution is 5.94. The first kappa shape index (κ1) is 16.2. The molecule has 2 amide bonds. The van der Waals surface area contributed by atoms with Crippen molar-refractivity contribution in [2.45, 2.75) is 25.4 Å². The summed E-state index contributed by atoms with van der Waals surface area (Å²) >= 11 is 0. The van der Waals surface area contributed by atoms with Crippen molar-refractivity contribution in [3.8, 4) is 0 Å². The summed E-state index contributed by atoms with van der Waals surface area (Å²) in [4.78, 5) is 28.3. The number of benzene rings is 1. The molecule has 3 rings (SSSR count). The van der Waals surface area contributed by atoms with Gasteiger partial charge in [0.05, 0.1) is 6.54 Å². The quantitative estimate of drug-likeness (QED) is 0.801. The van der Waals surface area contributed by atoms with Crippen LogP contribution in [0.3, 0.4) is 0 Å². The highest BCUT2D eigenvalue weighted by Crippen LogP contribution is 2.17. The zero-order valence-electron chi connectivity index (χ0n) is 13.8. The minimum Gasteiger partial charge on any atom is -0.335 e. The van der Waals surface area contributed by atoms with Crippen molar-refractivity contribution in [3.63, 3.8) is 0 Å². The maximum Gasteiger partial charge on any atom is 0.245 e. The molecular weight excluding hydrogens is 304 g/mol. The van der Waals surface area contributed by atoms with Gasteiger partial charge >= 0.3 is 0 Å². The van der Waals surface area contributed by atoms with Gasteiger partial charge in [-0.25, -0.2) is 0 Å². The second-order valence-electron chi connectivity index (χ2n) is 6.11. The lowest BCUT2D eigenvalue weighted by Crippen LogP contribution is -2.59. The lowest BCUT2D eigenvalue weighted by atomic mass is 10.0. The van der Waals surface area contributed by atoms with Gasteiger partial charge in [0.15, 0.2) is 0 Å². The highest BCUT2D eigenvalue weighted by Gasteiger charge is 2.37. The summed E-state index contributed by atoms with van der Waals surface area (Å²) in [5, 5.41) is 4.17. The third kappa shape index (κ3) is 3.64. The molecule has 0 spiro atoms. The summed E-state index contributed by atoms with van der Waals surface area (Å²) in [5.74, 6) is 0.0241. The van der Waals surface area contributed by atoms with Gasteiger partial charge in [-0.1, -0.05) is 30.3 Å². The summed E-state index contributed by atoms with van der Waals surface area (Å²) in [6.07, 6.45) is 4.97. The van der Waals surface area contributed by atoms with Crippen LogP contribution in [0.4, 0.5) is 0 Å². The molecule has 0 saturated carbocycles. The number of hydrogen-bond acceptors (Lipinski definition) is 3. The van der Waals surface area contributed by atoms with Gasteiger partial charge in [-0.3, -0.25) is 14.3 Å². The predicted molar refractivity (Wildman–Crippen MR) is 90.1 cm³/mol. The largest absolute Gasteiger partial charge is 0.335 e. The van der Waals surface area contributed by atoms with Crippen molar-refractivity contribution in [1.29, 1.82) is 0 Å². The number of piperazine rings is 1. The average molecular weight is 326 g/mol. The molecule has 1 aliphatic heterocycles. The average Bonchev–Trinajstić information content (AvgIpc) is 3.09. The Morgan fingerprint density at radius 3 is 2.62 bits per heavy atom. The van der Waals surface area contributed by atoms with Crippen molar-refractivity contribution >= 4 is 11.8 Å². The van der Waals surface area contributed by atoms with E-state index >= 15 is 0 Å². The number of aromatic nitrogens is 2. The molecule has 0 radical (unpaired) electrons. The maximum atomic E-state index is 12.6. The van der Waals surface area contributed by atoms with Crippen molar-refractivity contribution < 1.29 is 9.59 Å². The van der Waals surface area contributed by atoms with E-state index in [4.69, 9.17) is 0 Å². The SMILES string of the molecule is CN1CC(=O)N(CCCn2cccn2)[C@H](Cc2ccccc2)C1=O. The third-order valence-electron chi connectivity index (χ3n) is 4.35. The molecule has 1 fully saturated rings. The number of carbonyl (C=O) groups is 2. The molecule has 0 unspecified atom stereocenters. The van der Waals surface area contributed by atoms with Gasteiger partial charge in [0, 0.05) is 39.0 Å². The number of aryl methyl sites for hydroxylation is 1. The standard InChI is InChI=1S/C18H22N4O2/c1-20-14-17(23)22(12-6-11-21-10-5-9-19-21)16(18(20)24)13-15-7-3-2-4-8-15/h2-5,7-10,16H,6,11-14H2,1H3/t16-/m1/s1. The van der Waals surface area contributed by atoms with E-state index in [2.05, 4.69) is 5.10 Å². The number of carbonyl (C=O) groups excluding carboxylic acids is 2. The second kappa shape index (κ2) is 7.29. The first-order chi connectivity index (χ1) is 11.6. The van der Waals surface area contributed by atoms with Gasteiger partial charge < -0.3 is 9.80 Å². The summed E-state index contributed by atoms with van der Waals surface area (Å²) < 4.78 is 1.84. The van der Waals surface area contributed by atoms with Gasteiger partial charge in [0.25, 0.3) is 0 Å². The van der Waals surface area contributed by atoms with E-state index in [9.17, 15) is 9.59 Å². The van der Waals surface area contributed by atoms with Crippen LogP contribution in [0.25, 0.3) is 0 Å². The summed E-state index contributed by atoms with van der Waals surface area (Å²) in [6, 6.07) is 11.3. The molecule has 2 aromatic rings. The Morgan fingerprint density at radius 1 is 1.12 bits per heavy atom. The van der Waals surface area contributed by atoms with Gasteiger partial charge in [0.2, 0.25) is 11.8 Å². The molecule has 1 aliphatic rings. The number of amides is 2. The van der Waals surface area contributed by atoms with Gasteiger partial charge in [-0.05, 0) is 18.1 Å². The van der Waals surface area contributed by atoms with Crippen molar-refractivity contribution in [1.82, 2.24) is 19.6 Å². The molecule has 1 aromatic heterocycles. The first-order valence-corrected chi connectivity index (χ1v) is 8.21. The van der Waals surface area contributed by atoms with E-state index in [0.717, 1.165) is 18.5 Å². The van der Waals surface area contributed by atoms with Crippen LogP contribution in [0.1, 0.15) is 12.0 Å². The molecule has 6 heteroatoms. The normalized spacial score (nSPS) is 18.3. The number of rotatable bonds is 6. The molecule has 1 atom stereocenters. The number of hydrogen-bond donors (Lipinski definition) is 0. The van der Waals surface area contributed by atoms with Crippen LogP contribution in [0.2, 0.25) is 0 Å². The summed E-state index contributed by atoms with van der Waals surface area (Å²) in [6.45, 7) is 1.46. The van der Waals surface area contributed by atoms with Crippen molar-refractivity contribution in [2.24, 2.45) is 0 Å². The molecule has 2 heterocycles. The Hall–Kier alpha value is -2.63. The lowest BCUT2D eigenvalue weighted by Gasteiger charge is -2.39. The van der Waals surface area contributed by atoms with Gasteiger partial charge in [0.1, 0.15) is 6.04 Å². The van der Waals surface area contributed by atoms with E-state index in [0.29, 0.717) is 13.0 Å². The Kier molecular flexibility index (Phi) is 4.93. The lowest BCUT2D eigenvalue weighted by molar-refractivity contribution is -0.154. The minimum atomic E-state index is -0.420. The van der Waals surface area contributed by atoms with Crippen LogP contribution >= 0.6 is 0 Å². The fourth-order valence-electron chi connectivity index (χ4n) is 3.08. The molecule has 24 heavy (non-hydrogen) atoms. The highest BCUT2D eigenvalue weighted by atomic mass is 16.2. The van der Waals surface area contributed by atoms with E-state index < -0.39 is 6.04 Å². The molecule has 0 bridgehead atoms. The van der Waals surface area contributed by atoms with Crippen molar-refractivity contribution in [3.05, 3.63) is 54.4 Å². The fourth-order valence-corrected chi connectivity index (χ4v) is 3.08. The zero-order valence-corrected chi connectivity index (χ0v) is 13.8. The third-order valence-corrected chi connectivity index (χ3v) is 4.35. The van der Waals surface area contributed by atoms with Gasteiger partial charge in [-0.2, -0.15) is 5.10 Å². The van der Waals surface area contributed by atoms with E-state index in [1.165, 1.54) is 4.90 Å². The topological polar surface area (TPSA) is 58.4 Å². The van der Waals surface area contributed by atoms with Gasteiger partial charge in [-0.15, -0.1) is 0 Å². The van der Waals surface area contributed by atoms with Crippen LogP contribution < -0.4 is 0 Å². The Morgan fingerprint density at radius 2 is 1.92 bits per heavy atom. The molecule has 0 aliphatic carbocycles. The fraction of sp³-hybridized carbons (Fsp3) is 0.389. The van der Waals surface area contributed by atoms with Crippen LogP contribution in [-0.4, -0.2) is 57.6 Å². The Bertz CT molecular complexity index is 684. The van der Waals surface area contributed by atoms with Crippen LogP contribution in [0.15, 0.2) is 48.8 Å². The molecule has 126 valence electrons. The van der Waals surface area contributed by atoms with E-state index in [1.807, 2.05) is 47.3 Å². The van der Waals surface area contributed by atoms with Crippen LogP contribution in [0, 0.1) is 0 Å². The van der Waals surface area contributed by atoms with E-state index in [1.54, 1.807) is 18.1 Å². The molecular formula is C18H22N4O2. The second-order valence-corrected chi connectivity index (χ2v) is 6.11. The smallest absolute Gasteiger partial charge is 0.245 e. The predicted octanol–water partition coefficient (Wildman–Crippen LogP) is 1.19. The zero-order chi connectivity index (χ0) is 16.9. The monoisotopic (exact) mass is 326 g/mol. The molecule has 1 aromatic carbocycles. The Balaban J connectivity index is 1.69. The summed E-state index contributed by atoms with van der Waals surface area (Å²) in [7, 11) is 1.69. The van der Waals surface area contributed by atoms with Crippen molar-refractivity contribution in [2.75, 3.05) is 20.1 Å². The number of likely N-dealkylation sites (N-methyl/N-ethyl adjacent to an activating group) is 1. The van der Waals surface area contributed by atoms with Crippen LogP contribution in [0.5, 0.6) is 0 Å². The number of nitrogens with zero attached hydrogens (tertiary/aromatic N) is 4. The molecule has 1 saturated heterocycles. The molecule has 6 nitrogen and oxygen atoms in total. The summed E-state index contributed by atoms with van der Waals surface area (Å²) in [5.41, 5.74) is 1.07. The maximum absolute atomic E-state index is 12.6.